The van der Waals surface area contributed by atoms with Crippen LogP contribution in [0.2, 0.25) is 0 Å². The van der Waals surface area contributed by atoms with Gasteiger partial charge >= 0.3 is 0 Å². The zero-order valence-corrected chi connectivity index (χ0v) is 8.72. The van der Waals surface area contributed by atoms with Gasteiger partial charge in [-0.25, -0.2) is 0 Å². The molecule has 4 aliphatic rings. The number of ketones is 1. The van der Waals surface area contributed by atoms with E-state index < -0.39 is 0 Å². The third kappa shape index (κ3) is 0.986. The van der Waals surface area contributed by atoms with Gasteiger partial charge in [-0.2, -0.15) is 0 Å². The molecule has 4 saturated carbocycles. The Hall–Kier alpha value is -0.590. The third-order valence-corrected chi connectivity index (χ3v) is 4.85. The summed E-state index contributed by atoms with van der Waals surface area (Å²) in [6.07, 6.45) is 8.56. The highest BCUT2D eigenvalue weighted by Gasteiger charge is 2.53. The number of hydrogen-bond acceptors (Lipinski definition) is 1. The Morgan fingerprint density at radius 1 is 1.29 bits per heavy atom. The second kappa shape index (κ2) is 2.71. The van der Waals surface area contributed by atoms with E-state index in [0.29, 0.717) is 11.2 Å². The lowest BCUT2D eigenvalue weighted by molar-refractivity contribution is -0.135. The van der Waals surface area contributed by atoms with Crippen LogP contribution < -0.4 is 0 Å². The van der Waals surface area contributed by atoms with Gasteiger partial charge in [0.1, 0.15) is 5.78 Å². The number of carbonyl (C=O) groups excluding carboxylic acids is 1. The van der Waals surface area contributed by atoms with Gasteiger partial charge in [-0.1, -0.05) is 25.0 Å². The summed E-state index contributed by atoms with van der Waals surface area (Å²) in [4.78, 5) is 11.9. The van der Waals surface area contributed by atoms with Crippen molar-refractivity contribution in [3.05, 3.63) is 12.2 Å². The normalized spacial score (nSPS) is 46.6. The first-order chi connectivity index (χ1) is 6.71. The molecule has 14 heavy (non-hydrogen) atoms. The van der Waals surface area contributed by atoms with Gasteiger partial charge in [0.25, 0.3) is 0 Å². The molecule has 3 atom stereocenters. The van der Waals surface area contributed by atoms with Gasteiger partial charge in [-0.05, 0) is 37.0 Å². The largest absolute Gasteiger partial charge is 0.299 e. The second-order valence-electron chi connectivity index (χ2n) is 5.57. The van der Waals surface area contributed by atoms with Crippen molar-refractivity contribution in [3.63, 3.8) is 0 Å². The Balaban J connectivity index is 1.98. The Bertz CT molecular complexity index is 284. The standard InChI is InChI=1S/C13H18O/c1-9-7-13-5-3-2-4-10(13)6-11(9)12(14)8-13/h10-11H,1-8H2. The van der Waals surface area contributed by atoms with E-state index in [9.17, 15) is 4.79 Å². The maximum Gasteiger partial charge on any atom is 0.140 e. The van der Waals surface area contributed by atoms with Crippen LogP contribution in [-0.2, 0) is 4.79 Å². The summed E-state index contributed by atoms with van der Waals surface area (Å²) in [5.41, 5.74) is 1.63. The van der Waals surface area contributed by atoms with E-state index in [1.807, 2.05) is 0 Å². The lowest BCUT2D eigenvalue weighted by atomic mass is 9.49. The van der Waals surface area contributed by atoms with E-state index in [2.05, 4.69) is 6.58 Å². The molecule has 0 heterocycles. The van der Waals surface area contributed by atoms with Crippen LogP contribution in [0.1, 0.15) is 44.9 Å². The highest BCUT2D eigenvalue weighted by molar-refractivity contribution is 5.86. The van der Waals surface area contributed by atoms with Crippen LogP contribution in [-0.4, -0.2) is 5.78 Å². The first-order valence-electron chi connectivity index (χ1n) is 5.92. The molecule has 3 unspecified atom stereocenters. The molecule has 76 valence electrons. The number of allylic oxidation sites excluding steroid dienone is 1. The van der Waals surface area contributed by atoms with E-state index in [1.54, 1.807) is 0 Å². The summed E-state index contributed by atoms with van der Waals surface area (Å²) in [6, 6.07) is 0. The molecule has 0 aromatic rings. The predicted octanol–water partition coefficient (Wildman–Crippen LogP) is 3.10. The van der Waals surface area contributed by atoms with E-state index in [0.717, 1.165) is 25.2 Å². The fourth-order valence-electron chi connectivity index (χ4n) is 4.13. The number of rotatable bonds is 0. The number of carbonyl (C=O) groups is 1. The van der Waals surface area contributed by atoms with Crippen LogP contribution >= 0.6 is 0 Å². The molecule has 0 aromatic heterocycles. The Morgan fingerprint density at radius 2 is 2.14 bits per heavy atom. The Kier molecular flexibility index (Phi) is 1.68. The number of Topliss-reactive ketones (excluding diaryl/α,β-unsaturated/α-hetero) is 1. The topological polar surface area (TPSA) is 17.1 Å². The summed E-state index contributed by atoms with van der Waals surface area (Å²) < 4.78 is 0. The SMILES string of the molecule is C=C1CC23CCCCC2CC1C(=O)C3. The molecular weight excluding hydrogens is 172 g/mol. The second-order valence-corrected chi connectivity index (χ2v) is 5.57. The van der Waals surface area contributed by atoms with Gasteiger partial charge in [0.15, 0.2) is 0 Å². The fourth-order valence-corrected chi connectivity index (χ4v) is 4.13. The highest BCUT2D eigenvalue weighted by Crippen LogP contribution is 2.59. The van der Waals surface area contributed by atoms with Crippen molar-refractivity contribution in [3.8, 4) is 0 Å². The Morgan fingerprint density at radius 3 is 2.93 bits per heavy atom. The van der Waals surface area contributed by atoms with Crippen molar-refractivity contribution in [2.45, 2.75) is 44.9 Å². The molecule has 0 aromatic carbocycles. The van der Waals surface area contributed by atoms with E-state index in [-0.39, 0.29) is 5.92 Å². The summed E-state index contributed by atoms with van der Waals surface area (Å²) in [7, 11) is 0. The van der Waals surface area contributed by atoms with Crippen molar-refractivity contribution >= 4 is 5.78 Å². The van der Waals surface area contributed by atoms with Crippen LogP contribution in [0.3, 0.4) is 0 Å². The van der Waals surface area contributed by atoms with Gasteiger partial charge in [0.2, 0.25) is 0 Å². The van der Waals surface area contributed by atoms with Gasteiger partial charge in [-0.15, -0.1) is 0 Å². The summed E-state index contributed by atoms with van der Waals surface area (Å²) >= 11 is 0. The molecule has 1 heteroatoms. The summed E-state index contributed by atoms with van der Waals surface area (Å²) in [6.45, 7) is 4.11. The summed E-state index contributed by atoms with van der Waals surface area (Å²) in [5.74, 6) is 1.60. The summed E-state index contributed by atoms with van der Waals surface area (Å²) in [5, 5.41) is 0. The van der Waals surface area contributed by atoms with Gasteiger partial charge in [0.05, 0.1) is 0 Å². The lowest BCUT2D eigenvalue weighted by Gasteiger charge is -2.54. The molecule has 1 nitrogen and oxygen atoms in total. The molecule has 0 N–H and O–H groups in total. The average molecular weight is 190 g/mol. The molecule has 0 aliphatic heterocycles. The molecule has 4 rings (SSSR count). The molecule has 0 radical (unpaired) electrons. The third-order valence-electron chi connectivity index (χ3n) is 4.85. The Labute approximate surface area is 85.6 Å². The van der Waals surface area contributed by atoms with Gasteiger partial charge in [-0.3, -0.25) is 4.79 Å². The molecule has 4 aliphatic carbocycles. The molecule has 1 spiro atoms. The molecule has 2 bridgehead atoms. The first kappa shape index (κ1) is 8.70. The van der Waals surface area contributed by atoms with Crippen molar-refractivity contribution in [2.75, 3.05) is 0 Å². The lowest BCUT2D eigenvalue weighted by Crippen LogP contribution is -2.49. The minimum atomic E-state index is 0.250. The molecular formula is C13H18O. The van der Waals surface area contributed by atoms with E-state index in [1.165, 1.54) is 31.3 Å². The molecule has 4 fully saturated rings. The van der Waals surface area contributed by atoms with E-state index in [4.69, 9.17) is 0 Å². The van der Waals surface area contributed by atoms with Crippen molar-refractivity contribution in [2.24, 2.45) is 17.3 Å². The van der Waals surface area contributed by atoms with Crippen molar-refractivity contribution in [1.29, 1.82) is 0 Å². The van der Waals surface area contributed by atoms with Crippen LogP contribution in [0.5, 0.6) is 0 Å². The maximum atomic E-state index is 11.9. The monoisotopic (exact) mass is 190 g/mol. The smallest absolute Gasteiger partial charge is 0.140 e. The maximum absolute atomic E-state index is 11.9. The van der Waals surface area contributed by atoms with Crippen molar-refractivity contribution in [1.82, 2.24) is 0 Å². The first-order valence-corrected chi connectivity index (χ1v) is 5.92. The van der Waals surface area contributed by atoms with Crippen molar-refractivity contribution < 1.29 is 4.79 Å². The fraction of sp³-hybridized carbons (Fsp3) is 0.769. The van der Waals surface area contributed by atoms with Crippen LogP contribution in [0.4, 0.5) is 0 Å². The minimum absolute atomic E-state index is 0.250. The van der Waals surface area contributed by atoms with E-state index >= 15 is 0 Å². The molecule has 0 amide bonds. The van der Waals surface area contributed by atoms with Crippen LogP contribution in [0.25, 0.3) is 0 Å². The van der Waals surface area contributed by atoms with Gasteiger partial charge < -0.3 is 0 Å². The van der Waals surface area contributed by atoms with Crippen LogP contribution in [0, 0.1) is 17.3 Å². The number of hydrogen-bond donors (Lipinski definition) is 0. The molecule has 0 saturated heterocycles. The number of fused-ring (bicyclic) bond motifs is 2. The predicted molar refractivity (Wildman–Crippen MR) is 55.9 cm³/mol. The zero-order chi connectivity index (χ0) is 9.76. The minimum Gasteiger partial charge on any atom is -0.299 e. The average Bonchev–Trinajstić information content (AvgIpc) is 2.15. The highest BCUT2D eigenvalue weighted by atomic mass is 16.1. The van der Waals surface area contributed by atoms with Crippen LogP contribution in [0.15, 0.2) is 12.2 Å². The zero-order valence-electron chi connectivity index (χ0n) is 8.72. The van der Waals surface area contributed by atoms with Gasteiger partial charge in [0, 0.05) is 12.3 Å². The quantitative estimate of drug-likeness (QED) is 0.536.